The highest BCUT2D eigenvalue weighted by molar-refractivity contribution is 7.13. The van der Waals surface area contributed by atoms with Crippen LogP contribution < -0.4 is 10.1 Å². The molecule has 3 aromatic rings. The van der Waals surface area contributed by atoms with Crippen molar-refractivity contribution in [3.05, 3.63) is 76.5 Å². The number of carbonyl (C=O) groups excluding carboxylic acids is 1. The predicted molar refractivity (Wildman–Crippen MR) is 92.0 cm³/mol. The zero-order valence-corrected chi connectivity index (χ0v) is 13.9. The fourth-order valence-corrected chi connectivity index (χ4v) is 2.67. The molecule has 0 aliphatic heterocycles. The number of ether oxygens (including phenoxy) is 1. The molecular formula is C17H12ClFN2O2S. The van der Waals surface area contributed by atoms with Crippen LogP contribution in [0.4, 0.5) is 9.52 Å². The van der Waals surface area contributed by atoms with Gasteiger partial charge in [0.2, 0.25) is 6.10 Å². The number of amides is 1. The fourth-order valence-electron chi connectivity index (χ4n) is 2.02. The number of anilines is 1. The molecule has 2 aromatic carbocycles. The van der Waals surface area contributed by atoms with Crippen molar-refractivity contribution in [3.63, 3.8) is 0 Å². The van der Waals surface area contributed by atoms with Gasteiger partial charge in [0.05, 0.1) is 0 Å². The van der Waals surface area contributed by atoms with Crippen molar-refractivity contribution in [1.82, 2.24) is 4.98 Å². The summed E-state index contributed by atoms with van der Waals surface area (Å²) in [7, 11) is 0. The van der Waals surface area contributed by atoms with Crippen molar-refractivity contribution in [2.75, 3.05) is 5.32 Å². The first-order valence-electron chi connectivity index (χ1n) is 7.00. The minimum atomic E-state index is -0.920. The van der Waals surface area contributed by atoms with E-state index >= 15 is 0 Å². The number of thiazole rings is 1. The molecule has 1 aromatic heterocycles. The molecule has 7 heteroatoms. The summed E-state index contributed by atoms with van der Waals surface area (Å²) in [6.45, 7) is 0. The number of carbonyl (C=O) groups is 1. The first kappa shape index (κ1) is 16.4. The van der Waals surface area contributed by atoms with Gasteiger partial charge >= 0.3 is 0 Å². The third kappa shape index (κ3) is 4.10. The summed E-state index contributed by atoms with van der Waals surface area (Å²) < 4.78 is 18.8. The third-order valence-electron chi connectivity index (χ3n) is 3.14. The highest BCUT2D eigenvalue weighted by Gasteiger charge is 2.23. The molecule has 0 fully saturated rings. The van der Waals surface area contributed by atoms with E-state index in [-0.39, 0.29) is 11.7 Å². The van der Waals surface area contributed by atoms with Gasteiger partial charge in [0.1, 0.15) is 11.6 Å². The van der Waals surface area contributed by atoms with E-state index in [2.05, 4.69) is 10.3 Å². The largest absolute Gasteiger partial charge is 0.476 e. The van der Waals surface area contributed by atoms with E-state index < -0.39 is 6.10 Å². The molecule has 122 valence electrons. The molecular weight excluding hydrogens is 351 g/mol. The van der Waals surface area contributed by atoms with Crippen LogP contribution in [0.3, 0.4) is 0 Å². The number of aromatic nitrogens is 1. The van der Waals surface area contributed by atoms with Crippen molar-refractivity contribution in [2.24, 2.45) is 0 Å². The normalized spacial score (nSPS) is 11.8. The fraction of sp³-hybridized carbons (Fsp3) is 0.0588. The minimum absolute atomic E-state index is 0.377. The van der Waals surface area contributed by atoms with Crippen LogP contribution in [0.15, 0.2) is 60.1 Å². The Morgan fingerprint density at radius 3 is 2.50 bits per heavy atom. The van der Waals surface area contributed by atoms with E-state index in [1.54, 1.807) is 35.8 Å². The van der Waals surface area contributed by atoms with E-state index in [1.807, 2.05) is 0 Å². The summed E-state index contributed by atoms with van der Waals surface area (Å²) in [5.74, 6) is -0.375. The summed E-state index contributed by atoms with van der Waals surface area (Å²) >= 11 is 7.20. The quantitative estimate of drug-likeness (QED) is 0.716. The van der Waals surface area contributed by atoms with Crippen LogP contribution in [-0.2, 0) is 4.79 Å². The summed E-state index contributed by atoms with van der Waals surface area (Å²) in [6.07, 6.45) is 0.676. The number of nitrogens with one attached hydrogen (secondary N) is 1. The van der Waals surface area contributed by atoms with Crippen LogP contribution >= 0.6 is 22.9 Å². The van der Waals surface area contributed by atoms with Gasteiger partial charge in [-0.05, 0) is 36.4 Å². The highest BCUT2D eigenvalue weighted by atomic mass is 35.5. The maximum absolute atomic E-state index is 13.0. The van der Waals surface area contributed by atoms with Gasteiger partial charge < -0.3 is 4.74 Å². The standard InChI is InChI=1S/C17H12ClFN2O2S/c18-12-3-1-11(2-4-12)15(16(22)21-17-20-9-10-24-17)23-14-7-5-13(19)6-8-14/h1-10,15H,(H,20,21,22). The van der Waals surface area contributed by atoms with Crippen molar-refractivity contribution in [2.45, 2.75) is 6.10 Å². The van der Waals surface area contributed by atoms with Gasteiger partial charge in [0, 0.05) is 22.2 Å². The highest BCUT2D eigenvalue weighted by Crippen LogP contribution is 2.25. The predicted octanol–water partition coefficient (Wildman–Crippen LogP) is 4.69. The Kier molecular flexibility index (Phi) is 5.08. The van der Waals surface area contributed by atoms with Gasteiger partial charge in [0.15, 0.2) is 5.13 Å². The number of nitrogens with zero attached hydrogens (tertiary/aromatic N) is 1. The van der Waals surface area contributed by atoms with E-state index in [0.717, 1.165) is 0 Å². The Morgan fingerprint density at radius 1 is 1.17 bits per heavy atom. The zero-order valence-electron chi connectivity index (χ0n) is 12.3. The third-order valence-corrected chi connectivity index (χ3v) is 4.08. The lowest BCUT2D eigenvalue weighted by Gasteiger charge is -2.18. The lowest BCUT2D eigenvalue weighted by molar-refractivity contribution is -0.123. The van der Waals surface area contributed by atoms with Crippen LogP contribution in [0.1, 0.15) is 11.7 Å². The Bertz CT molecular complexity index is 808. The van der Waals surface area contributed by atoms with E-state index in [9.17, 15) is 9.18 Å². The molecule has 0 saturated heterocycles. The van der Waals surface area contributed by atoms with Gasteiger partial charge in [-0.25, -0.2) is 9.37 Å². The number of halogens is 2. The molecule has 3 rings (SSSR count). The van der Waals surface area contributed by atoms with Crippen LogP contribution in [0.25, 0.3) is 0 Å². The lowest BCUT2D eigenvalue weighted by atomic mass is 10.1. The molecule has 1 N–H and O–H groups in total. The average molecular weight is 363 g/mol. The molecule has 1 unspecified atom stereocenters. The van der Waals surface area contributed by atoms with Crippen molar-refractivity contribution < 1.29 is 13.9 Å². The molecule has 1 atom stereocenters. The summed E-state index contributed by atoms with van der Waals surface area (Å²) in [4.78, 5) is 16.6. The second kappa shape index (κ2) is 7.42. The summed E-state index contributed by atoms with van der Waals surface area (Å²) in [6, 6.07) is 12.2. The van der Waals surface area contributed by atoms with Crippen molar-refractivity contribution in [1.29, 1.82) is 0 Å². The Balaban J connectivity index is 1.86. The van der Waals surface area contributed by atoms with E-state index in [4.69, 9.17) is 16.3 Å². The van der Waals surface area contributed by atoms with Gasteiger partial charge in [0.25, 0.3) is 5.91 Å². The first-order valence-corrected chi connectivity index (χ1v) is 8.25. The number of rotatable bonds is 5. The lowest BCUT2D eigenvalue weighted by Crippen LogP contribution is -2.25. The van der Waals surface area contributed by atoms with Crippen molar-refractivity contribution in [3.8, 4) is 5.75 Å². The van der Waals surface area contributed by atoms with Crippen LogP contribution in [0.2, 0.25) is 5.02 Å². The zero-order chi connectivity index (χ0) is 16.9. The smallest absolute Gasteiger partial charge is 0.271 e. The van der Waals surface area contributed by atoms with E-state index in [0.29, 0.717) is 21.5 Å². The van der Waals surface area contributed by atoms with E-state index in [1.165, 1.54) is 35.6 Å². The van der Waals surface area contributed by atoms with Crippen LogP contribution in [-0.4, -0.2) is 10.9 Å². The topological polar surface area (TPSA) is 51.2 Å². The van der Waals surface area contributed by atoms with Gasteiger partial charge in [-0.15, -0.1) is 11.3 Å². The number of benzene rings is 2. The Labute approximate surface area is 146 Å². The first-order chi connectivity index (χ1) is 11.6. The van der Waals surface area contributed by atoms with Gasteiger partial charge in [-0.3, -0.25) is 10.1 Å². The summed E-state index contributed by atoms with van der Waals surface area (Å²) in [5.41, 5.74) is 0.623. The molecule has 24 heavy (non-hydrogen) atoms. The molecule has 0 aliphatic carbocycles. The van der Waals surface area contributed by atoms with Crippen LogP contribution in [0.5, 0.6) is 5.75 Å². The van der Waals surface area contributed by atoms with Gasteiger partial charge in [-0.2, -0.15) is 0 Å². The maximum atomic E-state index is 13.0. The minimum Gasteiger partial charge on any atom is -0.476 e. The molecule has 0 aliphatic rings. The molecule has 0 radical (unpaired) electrons. The molecule has 0 saturated carbocycles. The molecule has 0 bridgehead atoms. The number of hydrogen-bond donors (Lipinski definition) is 1. The van der Waals surface area contributed by atoms with Gasteiger partial charge in [-0.1, -0.05) is 23.7 Å². The molecule has 0 spiro atoms. The monoisotopic (exact) mass is 362 g/mol. The molecule has 1 amide bonds. The summed E-state index contributed by atoms with van der Waals surface area (Å²) in [5, 5.41) is 5.49. The van der Waals surface area contributed by atoms with Crippen LogP contribution in [0, 0.1) is 5.82 Å². The van der Waals surface area contributed by atoms with Crippen molar-refractivity contribution >= 4 is 34.0 Å². The second-order valence-corrected chi connectivity index (χ2v) is 6.16. The Morgan fingerprint density at radius 2 is 1.88 bits per heavy atom. The Hall–Kier alpha value is -2.44. The SMILES string of the molecule is O=C(Nc1nccs1)C(Oc1ccc(F)cc1)c1ccc(Cl)cc1. The molecule has 4 nitrogen and oxygen atoms in total. The number of hydrogen-bond acceptors (Lipinski definition) is 4. The molecule has 1 heterocycles. The average Bonchev–Trinajstić information content (AvgIpc) is 3.08. The second-order valence-electron chi connectivity index (χ2n) is 4.83. The maximum Gasteiger partial charge on any atom is 0.271 e.